The van der Waals surface area contributed by atoms with Crippen LogP contribution in [-0.2, 0) is 0 Å². The molecule has 1 aliphatic rings. The molecule has 1 aromatic rings. The van der Waals surface area contributed by atoms with Crippen LogP contribution in [0.1, 0.15) is 25.7 Å². The average Bonchev–Trinajstić information content (AvgIpc) is 2.34. The topological polar surface area (TPSA) is 61.6 Å². The van der Waals surface area contributed by atoms with Crippen molar-refractivity contribution in [2.75, 3.05) is 5.32 Å². The fourth-order valence-corrected chi connectivity index (χ4v) is 2.21. The Morgan fingerprint density at radius 1 is 1.47 bits per heavy atom. The summed E-state index contributed by atoms with van der Waals surface area (Å²) in [7, 11) is 0. The molecule has 17 heavy (non-hydrogen) atoms. The number of hydrogen-bond acceptors (Lipinski definition) is 4. The highest BCUT2D eigenvalue weighted by Gasteiger charge is 2.26. The van der Waals surface area contributed by atoms with Crippen LogP contribution in [0, 0.1) is 23.1 Å². The maximum atomic E-state index is 13.4. The molecule has 0 radical (unpaired) electrons. The summed E-state index contributed by atoms with van der Waals surface area (Å²) in [6.45, 7) is 0. The van der Waals surface area contributed by atoms with Gasteiger partial charge in [-0.15, -0.1) is 0 Å². The lowest BCUT2D eigenvalue weighted by Gasteiger charge is -2.27. The molecule has 0 unspecified atom stereocenters. The fraction of sp³-hybridized carbons (Fsp3) is 0.545. The quantitative estimate of drug-likeness (QED) is 0.825. The van der Waals surface area contributed by atoms with Crippen LogP contribution in [0.5, 0.6) is 0 Å². The van der Waals surface area contributed by atoms with Crippen LogP contribution >= 0.6 is 11.6 Å². The predicted octanol–water partition coefficient (Wildman–Crippen LogP) is 2.76. The van der Waals surface area contributed by atoms with Crippen molar-refractivity contribution in [2.45, 2.75) is 31.7 Å². The largest absolute Gasteiger partial charge is 0.363 e. The molecule has 0 spiro atoms. The van der Waals surface area contributed by atoms with E-state index in [4.69, 9.17) is 16.9 Å². The minimum absolute atomic E-state index is 0.00165. The fourth-order valence-electron chi connectivity index (χ4n) is 2.08. The van der Waals surface area contributed by atoms with Gasteiger partial charge in [-0.25, -0.2) is 9.37 Å². The predicted molar refractivity (Wildman–Crippen MR) is 62.0 cm³/mol. The molecule has 0 saturated heterocycles. The Morgan fingerprint density at radius 2 is 2.24 bits per heavy atom. The van der Waals surface area contributed by atoms with Crippen molar-refractivity contribution >= 4 is 17.4 Å². The van der Waals surface area contributed by atoms with Gasteiger partial charge < -0.3 is 5.32 Å². The number of aromatic nitrogens is 2. The van der Waals surface area contributed by atoms with E-state index in [9.17, 15) is 4.39 Å². The first-order valence-electron chi connectivity index (χ1n) is 5.55. The molecule has 0 aromatic carbocycles. The Hall–Kier alpha value is -1.41. The van der Waals surface area contributed by atoms with Gasteiger partial charge in [-0.3, -0.25) is 0 Å². The van der Waals surface area contributed by atoms with E-state index in [1.807, 2.05) is 0 Å². The Morgan fingerprint density at radius 3 is 3.00 bits per heavy atom. The molecular formula is C11H12ClFN4. The maximum Gasteiger partial charge on any atom is 0.224 e. The number of nitrogens with zero attached hydrogens (tertiary/aromatic N) is 3. The summed E-state index contributed by atoms with van der Waals surface area (Å²) in [5.41, 5.74) is 0. The van der Waals surface area contributed by atoms with E-state index in [-0.39, 0.29) is 23.1 Å². The Kier molecular flexibility index (Phi) is 3.75. The molecule has 1 heterocycles. The summed E-state index contributed by atoms with van der Waals surface area (Å²) in [6, 6.07) is 2.19. The molecule has 2 rings (SSSR count). The smallest absolute Gasteiger partial charge is 0.224 e. The molecule has 1 saturated carbocycles. The van der Waals surface area contributed by atoms with Crippen LogP contribution in [0.3, 0.4) is 0 Å². The molecule has 6 heteroatoms. The van der Waals surface area contributed by atoms with Gasteiger partial charge in [0.15, 0.2) is 11.6 Å². The highest BCUT2D eigenvalue weighted by molar-refractivity contribution is 6.28. The Bertz CT molecular complexity index is 446. The molecular weight excluding hydrogens is 243 g/mol. The van der Waals surface area contributed by atoms with Crippen molar-refractivity contribution in [2.24, 2.45) is 5.92 Å². The molecule has 1 N–H and O–H groups in total. The monoisotopic (exact) mass is 254 g/mol. The zero-order valence-electron chi connectivity index (χ0n) is 9.16. The minimum atomic E-state index is -0.545. The Labute approximate surface area is 104 Å². The van der Waals surface area contributed by atoms with Crippen LogP contribution in [0.25, 0.3) is 0 Å². The summed E-state index contributed by atoms with van der Waals surface area (Å²) >= 11 is 5.61. The lowest BCUT2D eigenvalue weighted by Crippen LogP contribution is -2.32. The normalized spacial score (nSPS) is 24.1. The molecule has 2 atom stereocenters. The Balaban J connectivity index is 2.14. The molecule has 0 bridgehead atoms. The molecule has 1 aliphatic carbocycles. The SMILES string of the molecule is N#C[C@@H]1CCCC[C@H]1Nc1nc(Cl)ncc1F. The summed E-state index contributed by atoms with van der Waals surface area (Å²) < 4.78 is 13.4. The zero-order chi connectivity index (χ0) is 12.3. The van der Waals surface area contributed by atoms with E-state index in [1.54, 1.807) is 0 Å². The van der Waals surface area contributed by atoms with Gasteiger partial charge in [0.1, 0.15) is 0 Å². The molecule has 0 amide bonds. The van der Waals surface area contributed by atoms with Gasteiger partial charge in [-0.05, 0) is 24.4 Å². The van der Waals surface area contributed by atoms with Crippen LogP contribution in [0.4, 0.5) is 10.2 Å². The highest BCUT2D eigenvalue weighted by Crippen LogP contribution is 2.27. The third-order valence-corrected chi connectivity index (χ3v) is 3.15. The van der Waals surface area contributed by atoms with Crippen molar-refractivity contribution < 1.29 is 4.39 Å². The first-order valence-corrected chi connectivity index (χ1v) is 5.92. The van der Waals surface area contributed by atoms with E-state index in [1.165, 1.54) is 0 Å². The lowest BCUT2D eigenvalue weighted by atomic mass is 9.85. The summed E-state index contributed by atoms with van der Waals surface area (Å²) in [4.78, 5) is 7.34. The van der Waals surface area contributed by atoms with Gasteiger partial charge >= 0.3 is 0 Å². The molecule has 4 nitrogen and oxygen atoms in total. The zero-order valence-corrected chi connectivity index (χ0v) is 9.91. The summed E-state index contributed by atoms with van der Waals surface area (Å²) in [6.07, 6.45) is 4.80. The first kappa shape index (κ1) is 12.1. The third-order valence-electron chi connectivity index (χ3n) is 2.97. The van der Waals surface area contributed by atoms with Gasteiger partial charge in [0.25, 0.3) is 0 Å². The number of nitrogens with one attached hydrogen (secondary N) is 1. The minimum Gasteiger partial charge on any atom is -0.363 e. The van der Waals surface area contributed by atoms with Crippen LogP contribution in [0.15, 0.2) is 6.20 Å². The van der Waals surface area contributed by atoms with Crippen LogP contribution < -0.4 is 5.32 Å². The van der Waals surface area contributed by atoms with Crippen LogP contribution in [-0.4, -0.2) is 16.0 Å². The number of rotatable bonds is 2. The molecule has 0 aliphatic heterocycles. The summed E-state index contributed by atoms with van der Waals surface area (Å²) in [5, 5.41) is 12.0. The van der Waals surface area contributed by atoms with Crippen molar-refractivity contribution in [3.05, 3.63) is 17.3 Å². The maximum absolute atomic E-state index is 13.4. The third kappa shape index (κ3) is 2.83. The number of halogens is 2. The van der Waals surface area contributed by atoms with Gasteiger partial charge in [0.2, 0.25) is 5.28 Å². The van der Waals surface area contributed by atoms with E-state index in [2.05, 4.69) is 21.4 Å². The van der Waals surface area contributed by atoms with Gasteiger partial charge in [-0.2, -0.15) is 10.2 Å². The summed E-state index contributed by atoms with van der Waals surface area (Å²) in [5.74, 6) is -0.564. The van der Waals surface area contributed by atoms with E-state index < -0.39 is 5.82 Å². The van der Waals surface area contributed by atoms with Crippen molar-refractivity contribution in [3.8, 4) is 6.07 Å². The molecule has 1 fully saturated rings. The average molecular weight is 255 g/mol. The highest BCUT2D eigenvalue weighted by atomic mass is 35.5. The molecule has 1 aromatic heterocycles. The van der Waals surface area contributed by atoms with Gasteiger partial charge in [-0.1, -0.05) is 12.8 Å². The van der Waals surface area contributed by atoms with E-state index in [0.717, 1.165) is 31.9 Å². The van der Waals surface area contributed by atoms with Gasteiger partial charge in [0.05, 0.1) is 18.2 Å². The second-order valence-corrected chi connectivity index (χ2v) is 4.44. The molecule has 90 valence electrons. The second kappa shape index (κ2) is 5.28. The van der Waals surface area contributed by atoms with Crippen molar-refractivity contribution in [1.29, 1.82) is 5.26 Å². The van der Waals surface area contributed by atoms with Crippen LogP contribution in [0.2, 0.25) is 5.28 Å². The van der Waals surface area contributed by atoms with Crippen molar-refractivity contribution in [1.82, 2.24) is 9.97 Å². The standard InChI is InChI=1S/C11H12ClFN4/c12-11-15-6-8(13)10(17-11)16-9-4-2-1-3-7(9)5-14/h6-7,9H,1-4H2,(H,15,16,17)/t7-,9+/m0/s1. The lowest BCUT2D eigenvalue weighted by molar-refractivity contribution is 0.386. The first-order chi connectivity index (χ1) is 8.20. The van der Waals surface area contributed by atoms with E-state index >= 15 is 0 Å². The number of hydrogen-bond donors (Lipinski definition) is 1. The second-order valence-electron chi connectivity index (χ2n) is 4.11. The number of nitriles is 1. The number of anilines is 1. The van der Waals surface area contributed by atoms with Gasteiger partial charge in [0, 0.05) is 6.04 Å². The van der Waals surface area contributed by atoms with E-state index in [0.29, 0.717) is 0 Å². The van der Waals surface area contributed by atoms with Crippen molar-refractivity contribution in [3.63, 3.8) is 0 Å².